The minimum atomic E-state index is -0.695. The highest BCUT2D eigenvalue weighted by Crippen LogP contribution is 2.18. The van der Waals surface area contributed by atoms with E-state index in [4.69, 9.17) is 5.73 Å². The zero-order chi connectivity index (χ0) is 20.8. The number of unbranched alkanes of at least 4 members (excludes halogenated alkanes) is 1. The summed E-state index contributed by atoms with van der Waals surface area (Å²) in [4.78, 5) is 52.3. The molecule has 0 unspecified atom stereocenters. The number of hydrogen-bond donors (Lipinski definition) is 3. The maximum Gasteiger partial charge on any atom is 0.330 e. The first-order valence-electron chi connectivity index (χ1n) is 9.25. The molecule has 0 radical (unpaired) electrons. The molecule has 9 heteroatoms. The summed E-state index contributed by atoms with van der Waals surface area (Å²) in [5, 5.41) is 2.70. The van der Waals surface area contributed by atoms with Crippen molar-refractivity contribution in [3.8, 4) is 0 Å². The van der Waals surface area contributed by atoms with Crippen LogP contribution in [-0.4, -0.2) is 34.5 Å². The fraction of sp³-hybridized carbons (Fsp3) is 0.667. The predicted octanol–water partition coefficient (Wildman–Crippen LogP) is 0.824. The van der Waals surface area contributed by atoms with Gasteiger partial charge in [0.1, 0.15) is 5.82 Å². The molecule has 152 valence electrons. The van der Waals surface area contributed by atoms with Gasteiger partial charge < -0.3 is 16.0 Å². The van der Waals surface area contributed by atoms with Crippen LogP contribution >= 0.6 is 0 Å². The van der Waals surface area contributed by atoms with E-state index in [0.29, 0.717) is 13.0 Å². The molecule has 0 aliphatic rings. The van der Waals surface area contributed by atoms with E-state index in [-0.39, 0.29) is 42.8 Å². The highest BCUT2D eigenvalue weighted by Gasteiger charge is 2.24. The van der Waals surface area contributed by atoms with Crippen molar-refractivity contribution >= 4 is 23.3 Å². The molecule has 0 aliphatic carbocycles. The van der Waals surface area contributed by atoms with Crippen LogP contribution in [0.5, 0.6) is 0 Å². The Balaban J connectivity index is 3.04. The van der Waals surface area contributed by atoms with Gasteiger partial charge in [-0.1, -0.05) is 34.1 Å². The molecule has 0 bridgehead atoms. The Kier molecular flexibility index (Phi) is 7.81. The summed E-state index contributed by atoms with van der Waals surface area (Å²) in [7, 11) is 0. The van der Waals surface area contributed by atoms with Crippen molar-refractivity contribution in [3.05, 3.63) is 20.8 Å². The quantitative estimate of drug-likeness (QED) is 0.614. The molecule has 0 saturated heterocycles. The van der Waals surface area contributed by atoms with Crippen molar-refractivity contribution < 1.29 is 9.59 Å². The van der Waals surface area contributed by atoms with E-state index in [2.05, 4.69) is 10.3 Å². The van der Waals surface area contributed by atoms with Crippen LogP contribution < -0.4 is 27.2 Å². The third kappa shape index (κ3) is 5.70. The number of nitrogens with two attached hydrogens (primary N) is 1. The summed E-state index contributed by atoms with van der Waals surface area (Å²) in [6.45, 7) is 9.75. The number of rotatable bonds is 8. The lowest BCUT2D eigenvalue weighted by Crippen LogP contribution is -2.42. The zero-order valence-electron chi connectivity index (χ0n) is 16.8. The summed E-state index contributed by atoms with van der Waals surface area (Å²) in [6, 6.07) is 0. The molecule has 0 spiro atoms. The van der Waals surface area contributed by atoms with E-state index in [9.17, 15) is 19.2 Å². The first-order chi connectivity index (χ1) is 12.5. The van der Waals surface area contributed by atoms with E-state index in [0.717, 1.165) is 6.42 Å². The van der Waals surface area contributed by atoms with Crippen molar-refractivity contribution in [2.24, 2.45) is 5.41 Å². The third-order valence-corrected chi connectivity index (χ3v) is 4.14. The molecule has 1 heterocycles. The number of hydrogen-bond acceptors (Lipinski definition) is 5. The number of carbonyl (C=O) groups excluding carboxylic acids is 2. The van der Waals surface area contributed by atoms with Gasteiger partial charge in [0.2, 0.25) is 11.8 Å². The Morgan fingerprint density at radius 3 is 2.37 bits per heavy atom. The Hall–Kier alpha value is -2.58. The molecular formula is C18H31N5O4. The summed E-state index contributed by atoms with van der Waals surface area (Å²) in [5.74, 6) is -0.542. The monoisotopic (exact) mass is 381 g/mol. The number of aromatic nitrogens is 2. The molecule has 0 aromatic carbocycles. The largest absolute Gasteiger partial charge is 0.383 e. The van der Waals surface area contributed by atoms with E-state index in [1.807, 2.05) is 6.92 Å². The van der Waals surface area contributed by atoms with Crippen molar-refractivity contribution in [2.45, 2.75) is 60.4 Å². The molecule has 2 amide bonds. The van der Waals surface area contributed by atoms with Crippen molar-refractivity contribution in [3.63, 3.8) is 0 Å². The number of aromatic amines is 1. The minimum absolute atomic E-state index is 0.0165. The van der Waals surface area contributed by atoms with Crippen LogP contribution in [-0.2, 0) is 16.1 Å². The number of nitrogens with one attached hydrogen (secondary N) is 2. The second-order valence-corrected chi connectivity index (χ2v) is 7.39. The number of carbonyl (C=O) groups is 2. The Morgan fingerprint density at radius 1 is 1.22 bits per heavy atom. The summed E-state index contributed by atoms with van der Waals surface area (Å²) in [6.07, 6.45) is 1.58. The SMILES string of the molecule is CCCCn1c(N)c(N(CC)C(=O)CCNC(=O)C(C)(C)C)c(=O)[nH]c1=O. The third-order valence-electron chi connectivity index (χ3n) is 4.14. The van der Waals surface area contributed by atoms with Gasteiger partial charge in [-0.05, 0) is 13.3 Å². The van der Waals surface area contributed by atoms with Crippen LogP contribution in [0.2, 0.25) is 0 Å². The van der Waals surface area contributed by atoms with Crippen LogP contribution in [0.15, 0.2) is 9.59 Å². The van der Waals surface area contributed by atoms with Gasteiger partial charge in [-0.3, -0.25) is 23.9 Å². The molecule has 0 atom stereocenters. The van der Waals surface area contributed by atoms with Gasteiger partial charge in [0.15, 0.2) is 5.69 Å². The lowest BCUT2D eigenvalue weighted by molar-refractivity contribution is -0.128. The molecule has 1 aromatic heterocycles. The average molecular weight is 381 g/mol. The molecular weight excluding hydrogens is 350 g/mol. The fourth-order valence-electron chi connectivity index (χ4n) is 2.52. The zero-order valence-corrected chi connectivity index (χ0v) is 16.8. The number of anilines is 2. The highest BCUT2D eigenvalue weighted by atomic mass is 16.2. The average Bonchev–Trinajstić information content (AvgIpc) is 2.57. The second-order valence-electron chi connectivity index (χ2n) is 7.39. The smallest absolute Gasteiger partial charge is 0.330 e. The van der Waals surface area contributed by atoms with Gasteiger partial charge >= 0.3 is 5.69 Å². The van der Waals surface area contributed by atoms with E-state index >= 15 is 0 Å². The summed E-state index contributed by atoms with van der Waals surface area (Å²) in [5.41, 5.74) is 4.19. The van der Waals surface area contributed by atoms with Crippen LogP contribution in [0.25, 0.3) is 0 Å². The van der Waals surface area contributed by atoms with E-state index < -0.39 is 16.7 Å². The van der Waals surface area contributed by atoms with Gasteiger partial charge in [0, 0.05) is 31.5 Å². The molecule has 0 fully saturated rings. The molecule has 1 rings (SSSR count). The molecule has 0 saturated carbocycles. The van der Waals surface area contributed by atoms with Crippen LogP contribution in [0.4, 0.5) is 11.5 Å². The molecule has 1 aromatic rings. The highest BCUT2D eigenvalue weighted by molar-refractivity contribution is 5.95. The van der Waals surface area contributed by atoms with Crippen LogP contribution in [0.1, 0.15) is 53.9 Å². The topological polar surface area (TPSA) is 130 Å². The van der Waals surface area contributed by atoms with Gasteiger partial charge in [-0.2, -0.15) is 0 Å². The summed E-state index contributed by atoms with van der Waals surface area (Å²) < 4.78 is 1.28. The van der Waals surface area contributed by atoms with Crippen molar-refractivity contribution in [2.75, 3.05) is 23.7 Å². The Bertz CT molecular complexity index is 788. The molecule has 0 aliphatic heterocycles. The van der Waals surface area contributed by atoms with Gasteiger partial charge in [0.25, 0.3) is 5.56 Å². The first kappa shape index (κ1) is 22.5. The second kappa shape index (κ2) is 9.38. The number of H-pyrrole nitrogens is 1. The maximum atomic E-state index is 12.6. The lowest BCUT2D eigenvalue weighted by atomic mass is 9.96. The van der Waals surface area contributed by atoms with Gasteiger partial charge in [-0.15, -0.1) is 0 Å². The van der Waals surface area contributed by atoms with E-state index in [1.54, 1.807) is 27.7 Å². The standard InChI is InChI=1S/C18H31N5O4/c1-6-8-11-23-14(19)13(15(25)21-17(23)27)22(7-2)12(24)9-10-20-16(26)18(3,4)5/h6-11,19H2,1-5H3,(H,20,26)(H,21,25,27). The van der Waals surface area contributed by atoms with Crippen molar-refractivity contribution in [1.29, 1.82) is 0 Å². The van der Waals surface area contributed by atoms with Crippen LogP contribution in [0.3, 0.4) is 0 Å². The number of amides is 2. The Morgan fingerprint density at radius 2 is 1.85 bits per heavy atom. The fourth-order valence-corrected chi connectivity index (χ4v) is 2.52. The van der Waals surface area contributed by atoms with Gasteiger partial charge in [-0.25, -0.2) is 4.79 Å². The maximum absolute atomic E-state index is 12.6. The summed E-state index contributed by atoms with van der Waals surface area (Å²) >= 11 is 0. The molecule has 27 heavy (non-hydrogen) atoms. The predicted molar refractivity (Wildman–Crippen MR) is 106 cm³/mol. The van der Waals surface area contributed by atoms with E-state index in [1.165, 1.54) is 9.47 Å². The lowest BCUT2D eigenvalue weighted by Gasteiger charge is -2.23. The number of nitrogens with zero attached hydrogens (tertiary/aromatic N) is 2. The molecule has 9 nitrogen and oxygen atoms in total. The number of nitrogen functional groups attached to an aromatic ring is 1. The minimum Gasteiger partial charge on any atom is -0.383 e. The Labute approximate surface area is 158 Å². The normalized spacial score (nSPS) is 11.3. The first-order valence-corrected chi connectivity index (χ1v) is 9.25. The van der Waals surface area contributed by atoms with Crippen LogP contribution in [0, 0.1) is 5.41 Å². The van der Waals surface area contributed by atoms with Gasteiger partial charge in [0.05, 0.1) is 0 Å². The molecule has 4 N–H and O–H groups in total. The van der Waals surface area contributed by atoms with Crippen molar-refractivity contribution in [1.82, 2.24) is 14.9 Å².